The SMILES string of the molecule is CC[C@H](C(=O)NNC(=O)c1ccc(N(C)C)cc1)c1ccccc1. The zero-order valence-electron chi connectivity index (χ0n) is 14.2. The van der Waals surface area contributed by atoms with E-state index in [9.17, 15) is 9.59 Å². The Labute approximate surface area is 142 Å². The van der Waals surface area contributed by atoms with E-state index in [1.807, 2.05) is 68.4 Å². The molecule has 0 unspecified atom stereocenters. The highest BCUT2D eigenvalue weighted by Gasteiger charge is 2.19. The molecule has 2 rings (SSSR count). The first kappa shape index (κ1) is 17.5. The molecule has 2 N–H and O–H groups in total. The first-order valence-electron chi connectivity index (χ1n) is 7.95. The lowest BCUT2D eigenvalue weighted by Crippen LogP contribution is -2.43. The van der Waals surface area contributed by atoms with Crippen molar-refractivity contribution in [1.82, 2.24) is 10.9 Å². The molecule has 126 valence electrons. The summed E-state index contributed by atoms with van der Waals surface area (Å²) < 4.78 is 0. The van der Waals surface area contributed by atoms with Gasteiger partial charge in [-0.2, -0.15) is 0 Å². The maximum Gasteiger partial charge on any atom is 0.269 e. The number of benzene rings is 2. The highest BCUT2D eigenvalue weighted by atomic mass is 16.2. The minimum atomic E-state index is -0.337. The third kappa shape index (κ3) is 4.35. The first-order chi connectivity index (χ1) is 11.5. The Hall–Kier alpha value is -2.82. The number of hydrogen-bond acceptors (Lipinski definition) is 3. The van der Waals surface area contributed by atoms with E-state index < -0.39 is 0 Å². The van der Waals surface area contributed by atoms with Crippen LogP contribution in [0.3, 0.4) is 0 Å². The molecule has 0 fully saturated rings. The monoisotopic (exact) mass is 325 g/mol. The third-order valence-corrected chi connectivity index (χ3v) is 3.87. The number of amides is 2. The van der Waals surface area contributed by atoms with Gasteiger partial charge < -0.3 is 4.90 Å². The summed E-state index contributed by atoms with van der Waals surface area (Å²) in [6.07, 6.45) is 0.656. The third-order valence-electron chi connectivity index (χ3n) is 3.87. The molecule has 0 aliphatic carbocycles. The number of rotatable bonds is 5. The normalized spacial score (nSPS) is 11.5. The Bertz CT molecular complexity index is 682. The van der Waals surface area contributed by atoms with Gasteiger partial charge >= 0.3 is 0 Å². The molecule has 0 bridgehead atoms. The van der Waals surface area contributed by atoms with Crippen LogP contribution in [0.2, 0.25) is 0 Å². The Morgan fingerprint density at radius 1 is 0.958 bits per heavy atom. The van der Waals surface area contributed by atoms with Crippen LogP contribution in [0.1, 0.15) is 35.2 Å². The smallest absolute Gasteiger partial charge is 0.269 e. The molecule has 0 aromatic heterocycles. The minimum absolute atomic E-state index is 0.220. The second-order valence-corrected chi connectivity index (χ2v) is 5.76. The summed E-state index contributed by atoms with van der Waals surface area (Å²) in [6.45, 7) is 1.94. The van der Waals surface area contributed by atoms with Crippen molar-refractivity contribution in [1.29, 1.82) is 0 Å². The zero-order chi connectivity index (χ0) is 17.5. The van der Waals surface area contributed by atoms with E-state index in [2.05, 4.69) is 10.9 Å². The largest absolute Gasteiger partial charge is 0.378 e. The van der Waals surface area contributed by atoms with Gasteiger partial charge in [0, 0.05) is 25.3 Å². The average Bonchev–Trinajstić information content (AvgIpc) is 2.61. The summed E-state index contributed by atoms with van der Waals surface area (Å²) in [5.74, 6) is -0.846. The molecule has 0 aliphatic heterocycles. The number of hydrogen-bond donors (Lipinski definition) is 2. The fourth-order valence-corrected chi connectivity index (χ4v) is 2.45. The van der Waals surface area contributed by atoms with E-state index >= 15 is 0 Å². The highest BCUT2D eigenvalue weighted by molar-refractivity contribution is 5.96. The van der Waals surface area contributed by atoms with E-state index in [1.54, 1.807) is 12.1 Å². The van der Waals surface area contributed by atoms with E-state index in [1.165, 1.54) is 0 Å². The minimum Gasteiger partial charge on any atom is -0.378 e. The maximum atomic E-state index is 12.3. The number of anilines is 1. The van der Waals surface area contributed by atoms with Gasteiger partial charge in [0.15, 0.2) is 0 Å². The van der Waals surface area contributed by atoms with Crippen LogP contribution >= 0.6 is 0 Å². The van der Waals surface area contributed by atoms with E-state index in [0.717, 1.165) is 11.3 Å². The van der Waals surface area contributed by atoms with Crippen molar-refractivity contribution in [2.75, 3.05) is 19.0 Å². The molecule has 0 radical (unpaired) electrons. The summed E-state index contributed by atoms with van der Waals surface area (Å²) in [6, 6.07) is 16.7. The molecule has 0 heterocycles. The molecule has 5 heteroatoms. The summed E-state index contributed by atoms with van der Waals surface area (Å²) in [5.41, 5.74) is 7.43. The molecule has 0 saturated heterocycles. The number of nitrogens with one attached hydrogen (secondary N) is 2. The number of hydrazine groups is 1. The van der Waals surface area contributed by atoms with Gasteiger partial charge in [0.2, 0.25) is 5.91 Å². The lowest BCUT2D eigenvalue weighted by molar-refractivity contribution is -0.123. The average molecular weight is 325 g/mol. The molecule has 1 atom stereocenters. The van der Waals surface area contributed by atoms with Crippen molar-refractivity contribution in [3.05, 3.63) is 65.7 Å². The van der Waals surface area contributed by atoms with Crippen LogP contribution in [0.25, 0.3) is 0 Å². The van der Waals surface area contributed by atoms with Crippen LogP contribution in [0, 0.1) is 0 Å². The van der Waals surface area contributed by atoms with Gasteiger partial charge in [-0.15, -0.1) is 0 Å². The van der Waals surface area contributed by atoms with Gasteiger partial charge in [0.1, 0.15) is 0 Å². The summed E-state index contributed by atoms with van der Waals surface area (Å²) in [7, 11) is 3.87. The molecule has 5 nitrogen and oxygen atoms in total. The summed E-state index contributed by atoms with van der Waals surface area (Å²) in [4.78, 5) is 26.4. The van der Waals surface area contributed by atoms with Crippen LogP contribution in [0.15, 0.2) is 54.6 Å². The van der Waals surface area contributed by atoms with Crippen molar-refractivity contribution >= 4 is 17.5 Å². The van der Waals surface area contributed by atoms with Gasteiger partial charge in [0.05, 0.1) is 5.92 Å². The molecular formula is C19H23N3O2. The molecule has 2 aromatic carbocycles. The van der Waals surface area contributed by atoms with Crippen LogP contribution in [0.4, 0.5) is 5.69 Å². The standard InChI is InChI=1S/C19H23N3O2/c1-4-17(14-8-6-5-7-9-14)19(24)21-20-18(23)15-10-12-16(13-11-15)22(2)3/h5-13,17H,4H2,1-3H3,(H,20,23)(H,21,24)/t17-/m0/s1. The lowest BCUT2D eigenvalue weighted by Gasteiger charge is -2.16. The first-order valence-corrected chi connectivity index (χ1v) is 7.95. The maximum absolute atomic E-state index is 12.3. The Morgan fingerprint density at radius 2 is 1.58 bits per heavy atom. The Morgan fingerprint density at radius 3 is 2.12 bits per heavy atom. The Balaban J connectivity index is 1.96. The molecule has 0 spiro atoms. The van der Waals surface area contributed by atoms with Crippen molar-refractivity contribution in [3.63, 3.8) is 0 Å². The number of carbonyl (C=O) groups is 2. The predicted octanol–water partition coefficient (Wildman–Crippen LogP) is 2.71. The lowest BCUT2D eigenvalue weighted by atomic mass is 9.96. The zero-order valence-corrected chi connectivity index (χ0v) is 14.2. The van der Waals surface area contributed by atoms with Crippen molar-refractivity contribution in [2.24, 2.45) is 0 Å². The van der Waals surface area contributed by atoms with Crippen LogP contribution in [-0.2, 0) is 4.79 Å². The van der Waals surface area contributed by atoms with Gasteiger partial charge in [0.25, 0.3) is 5.91 Å². The second kappa shape index (κ2) is 8.15. The Kier molecular flexibility index (Phi) is 5.95. The van der Waals surface area contributed by atoms with Crippen LogP contribution in [0.5, 0.6) is 0 Å². The summed E-state index contributed by atoms with van der Waals surface area (Å²) in [5, 5.41) is 0. The number of carbonyl (C=O) groups excluding carboxylic acids is 2. The fraction of sp³-hybridized carbons (Fsp3) is 0.263. The van der Waals surface area contributed by atoms with Crippen molar-refractivity contribution in [3.8, 4) is 0 Å². The quantitative estimate of drug-likeness (QED) is 0.831. The van der Waals surface area contributed by atoms with Crippen molar-refractivity contribution < 1.29 is 9.59 Å². The van der Waals surface area contributed by atoms with E-state index in [4.69, 9.17) is 0 Å². The predicted molar refractivity (Wildman–Crippen MR) is 95.9 cm³/mol. The molecular weight excluding hydrogens is 302 g/mol. The van der Waals surface area contributed by atoms with Gasteiger partial charge in [-0.05, 0) is 36.2 Å². The van der Waals surface area contributed by atoms with Crippen molar-refractivity contribution in [2.45, 2.75) is 19.3 Å². The number of nitrogens with zero attached hydrogens (tertiary/aromatic N) is 1. The topological polar surface area (TPSA) is 61.4 Å². The highest BCUT2D eigenvalue weighted by Crippen LogP contribution is 2.19. The van der Waals surface area contributed by atoms with Gasteiger partial charge in [-0.1, -0.05) is 37.3 Å². The molecule has 2 aromatic rings. The molecule has 0 aliphatic rings. The fourth-order valence-electron chi connectivity index (χ4n) is 2.45. The van der Waals surface area contributed by atoms with Gasteiger partial charge in [-0.25, -0.2) is 0 Å². The van der Waals surface area contributed by atoms with E-state index in [-0.39, 0.29) is 17.7 Å². The second-order valence-electron chi connectivity index (χ2n) is 5.76. The van der Waals surface area contributed by atoms with Crippen LogP contribution < -0.4 is 15.8 Å². The molecule has 0 saturated carbocycles. The summed E-state index contributed by atoms with van der Waals surface area (Å²) >= 11 is 0. The van der Waals surface area contributed by atoms with Gasteiger partial charge in [-0.3, -0.25) is 20.4 Å². The van der Waals surface area contributed by atoms with Crippen LogP contribution in [-0.4, -0.2) is 25.9 Å². The molecule has 2 amide bonds. The van der Waals surface area contributed by atoms with E-state index in [0.29, 0.717) is 12.0 Å². The molecule has 24 heavy (non-hydrogen) atoms.